The minimum absolute atomic E-state index is 0.0250. The highest BCUT2D eigenvalue weighted by Gasteiger charge is 2.22. The molecular weight excluding hydrogens is 990 g/mol. The Bertz CT molecular complexity index is 1280. The van der Waals surface area contributed by atoms with Crippen LogP contribution in [-0.4, -0.2) is 70.0 Å². The number of esters is 2. The predicted molar refractivity (Wildman–Crippen MR) is 333 cm³/mol. The van der Waals surface area contributed by atoms with Crippen LogP contribution in [0.5, 0.6) is 0 Å². The van der Waals surface area contributed by atoms with Crippen LogP contribution >= 0.6 is 7.82 Å². The van der Waals surface area contributed by atoms with E-state index in [4.69, 9.17) is 18.5 Å². The van der Waals surface area contributed by atoms with Crippen LogP contribution in [0.3, 0.4) is 0 Å². The molecule has 0 N–H and O–H groups in total. The van der Waals surface area contributed by atoms with E-state index in [9.17, 15) is 19.0 Å². The molecule has 0 spiro atoms. The van der Waals surface area contributed by atoms with Crippen molar-refractivity contribution in [2.75, 3.05) is 47.5 Å². The van der Waals surface area contributed by atoms with E-state index >= 15 is 0 Å². The zero-order chi connectivity index (χ0) is 57.0. The van der Waals surface area contributed by atoms with Crippen molar-refractivity contribution in [3.05, 3.63) is 0 Å². The summed E-state index contributed by atoms with van der Waals surface area (Å²) in [4.78, 5) is 37.9. The van der Waals surface area contributed by atoms with Crippen LogP contribution < -0.4 is 4.89 Å². The molecule has 0 aromatic heterocycles. The minimum atomic E-state index is -4.63. The topological polar surface area (TPSA) is 111 Å². The SMILES string of the molecule is CCCCCCCCCCCCCCCCCCCCCCCCCCCCCCCCCCCCCCCCCC(=O)OC(COC(=O)CCCCCCCCCCCCCCCCC)COP(=O)([O-])OCC[N+](C)(C)C. The smallest absolute Gasteiger partial charge is 0.306 e. The Morgan fingerprint density at radius 2 is 0.577 bits per heavy atom. The molecule has 0 aromatic carbocycles. The lowest BCUT2D eigenvalue weighted by Gasteiger charge is -2.28. The Balaban J connectivity index is 3.83. The van der Waals surface area contributed by atoms with Gasteiger partial charge in [-0.25, -0.2) is 0 Å². The van der Waals surface area contributed by atoms with Crippen molar-refractivity contribution < 1.29 is 42.1 Å². The van der Waals surface area contributed by atoms with E-state index in [1.807, 2.05) is 21.1 Å². The molecule has 2 atom stereocenters. The van der Waals surface area contributed by atoms with E-state index < -0.39 is 26.5 Å². The molecule has 0 aliphatic carbocycles. The summed E-state index contributed by atoms with van der Waals surface area (Å²) in [6.07, 6.45) is 72.1. The van der Waals surface area contributed by atoms with Crippen molar-refractivity contribution in [1.82, 2.24) is 0 Å². The number of phosphoric ester groups is 1. The number of rotatable bonds is 66. The van der Waals surface area contributed by atoms with Crippen LogP contribution in [0.4, 0.5) is 0 Å². The van der Waals surface area contributed by atoms with Gasteiger partial charge in [0.2, 0.25) is 0 Å². The molecule has 0 heterocycles. The summed E-state index contributed by atoms with van der Waals surface area (Å²) in [5.41, 5.74) is 0. The molecule has 0 radical (unpaired) electrons. The number of hydrogen-bond donors (Lipinski definition) is 0. The molecular formula is C68H136NO8P. The summed E-state index contributed by atoms with van der Waals surface area (Å²) < 4.78 is 34.2. The van der Waals surface area contributed by atoms with Gasteiger partial charge in [0.25, 0.3) is 7.82 Å². The van der Waals surface area contributed by atoms with Crippen LogP contribution in [0.1, 0.15) is 373 Å². The second-order valence-corrected chi connectivity index (χ2v) is 26.7. The van der Waals surface area contributed by atoms with E-state index in [2.05, 4.69) is 13.8 Å². The summed E-state index contributed by atoms with van der Waals surface area (Å²) in [5.74, 6) is -0.808. The Hall–Kier alpha value is -0.990. The number of phosphoric acid groups is 1. The van der Waals surface area contributed by atoms with Crippen LogP contribution in [0.25, 0.3) is 0 Å². The summed E-state index contributed by atoms with van der Waals surface area (Å²) in [5, 5.41) is 0. The van der Waals surface area contributed by atoms with Crippen LogP contribution in [0.2, 0.25) is 0 Å². The van der Waals surface area contributed by atoms with E-state index in [-0.39, 0.29) is 32.0 Å². The molecule has 10 heteroatoms. The molecule has 78 heavy (non-hydrogen) atoms. The van der Waals surface area contributed by atoms with Crippen LogP contribution in [0, 0.1) is 0 Å². The third kappa shape index (κ3) is 64.2. The molecule has 0 saturated carbocycles. The van der Waals surface area contributed by atoms with Gasteiger partial charge in [-0.15, -0.1) is 0 Å². The second-order valence-electron chi connectivity index (χ2n) is 25.3. The van der Waals surface area contributed by atoms with Gasteiger partial charge in [0, 0.05) is 12.8 Å². The van der Waals surface area contributed by atoms with Gasteiger partial charge in [0.05, 0.1) is 27.7 Å². The molecule has 0 fully saturated rings. The molecule has 0 aromatic rings. The van der Waals surface area contributed by atoms with Crippen LogP contribution in [-0.2, 0) is 32.7 Å². The van der Waals surface area contributed by atoms with Gasteiger partial charge in [0.1, 0.15) is 19.8 Å². The number of likely N-dealkylation sites (N-methyl/N-ethyl adjacent to an activating group) is 1. The van der Waals surface area contributed by atoms with E-state index in [0.29, 0.717) is 17.4 Å². The standard InChI is InChI=1S/C68H136NO8P/c1-6-8-10-12-14-16-18-20-22-23-24-25-26-27-28-29-30-31-32-33-34-35-36-37-38-39-40-41-42-43-44-45-47-49-51-53-55-57-59-61-68(71)77-66(65-76-78(72,73)75-63-62-69(3,4)5)64-74-67(70)60-58-56-54-52-50-48-46-21-19-17-15-13-11-9-7-2/h66H,6-65H2,1-5H3. The van der Waals surface area contributed by atoms with E-state index in [1.165, 1.54) is 308 Å². The minimum Gasteiger partial charge on any atom is -0.756 e. The lowest BCUT2D eigenvalue weighted by atomic mass is 10.0. The van der Waals surface area contributed by atoms with Gasteiger partial charge >= 0.3 is 11.9 Å². The highest BCUT2D eigenvalue weighted by molar-refractivity contribution is 7.45. The highest BCUT2D eigenvalue weighted by atomic mass is 31.2. The maximum atomic E-state index is 12.8. The van der Waals surface area contributed by atoms with Gasteiger partial charge in [-0.05, 0) is 12.8 Å². The average Bonchev–Trinajstić information content (AvgIpc) is 3.41. The first-order chi connectivity index (χ1) is 38.0. The maximum Gasteiger partial charge on any atom is 0.306 e. The quantitative estimate of drug-likeness (QED) is 0.0256. The molecule has 0 rings (SSSR count). The predicted octanol–water partition coefficient (Wildman–Crippen LogP) is 21.5. The average molecular weight is 1130 g/mol. The number of nitrogens with zero attached hydrogens (tertiary/aromatic N) is 1. The lowest BCUT2D eigenvalue weighted by molar-refractivity contribution is -0.870. The first-order valence-corrected chi connectivity index (χ1v) is 36.2. The van der Waals surface area contributed by atoms with Gasteiger partial charge in [-0.2, -0.15) is 0 Å². The molecule has 0 aliphatic rings. The fraction of sp³-hybridized carbons (Fsp3) is 0.971. The number of hydrogen-bond acceptors (Lipinski definition) is 8. The fourth-order valence-electron chi connectivity index (χ4n) is 10.8. The number of carbonyl (C=O) groups is 2. The lowest BCUT2D eigenvalue weighted by Crippen LogP contribution is -2.37. The molecule has 9 nitrogen and oxygen atoms in total. The third-order valence-corrected chi connectivity index (χ3v) is 17.1. The molecule has 0 amide bonds. The van der Waals surface area contributed by atoms with Gasteiger partial charge in [0.15, 0.2) is 6.10 Å². The Labute approximate surface area is 486 Å². The summed E-state index contributed by atoms with van der Waals surface area (Å²) in [6.45, 7) is 4.32. The second kappa shape index (κ2) is 60.6. The summed E-state index contributed by atoms with van der Waals surface area (Å²) in [7, 11) is 1.19. The van der Waals surface area contributed by atoms with E-state index in [1.54, 1.807) is 0 Å². The number of unbranched alkanes of at least 4 members (excludes halogenated alkanes) is 52. The fourth-order valence-corrected chi connectivity index (χ4v) is 11.5. The first-order valence-electron chi connectivity index (χ1n) is 34.7. The zero-order valence-corrected chi connectivity index (χ0v) is 54.1. The Morgan fingerprint density at radius 3 is 0.821 bits per heavy atom. The van der Waals surface area contributed by atoms with Crippen molar-refractivity contribution in [2.24, 2.45) is 0 Å². The van der Waals surface area contributed by atoms with Crippen molar-refractivity contribution in [3.8, 4) is 0 Å². The maximum absolute atomic E-state index is 12.8. The third-order valence-electron chi connectivity index (χ3n) is 16.1. The highest BCUT2D eigenvalue weighted by Crippen LogP contribution is 2.38. The largest absolute Gasteiger partial charge is 0.756 e. The number of ether oxygens (including phenoxy) is 2. The Morgan fingerprint density at radius 1 is 0.346 bits per heavy atom. The van der Waals surface area contributed by atoms with Crippen LogP contribution in [0.15, 0.2) is 0 Å². The number of quaternary nitrogens is 1. The first kappa shape index (κ1) is 77.0. The summed E-state index contributed by atoms with van der Waals surface area (Å²) in [6, 6.07) is 0. The molecule has 2 unspecified atom stereocenters. The van der Waals surface area contributed by atoms with Gasteiger partial charge in [-0.3, -0.25) is 14.2 Å². The molecule has 466 valence electrons. The zero-order valence-electron chi connectivity index (χ0n) is 53.2. The van der Waals surface area contributed by atoms with Gasteiger partial charge < -0.3 is 27.9 Å². The van der Waals surface area contributed by atoms with Crippen molar-refractivity contribution in [1.29, 1.82) is 0 Å². The molecule has 0 bridgehead atoms. The monoisotopic (exact) mass is 1130 g/mol. The summed E-state index contributed by atoms with van der Waals surface area (Å²) >= 11 is 0. The van der Waals surface area contributed by atoms with Crippen molar-refractivity contribution in [2.45, 2.75) is 380 Å². The number of carbonyl (C=O) groups excluding carboxylic acids is 2. The van der Waals surface area contributed by atoms with E-state index in [0.717, 1.165) is 32.1 Å². The normalized spacial score (nSPS) is 13.1. The van der Waals surface area contributed by atoms with Crippen molar-refractivity contribution in [3.63, 3.8) is 0 Å². The molecule has 0 saturated heterocycles. The van der Waals surface area contributed by atoms with Crippen molar-refractivity contribution >= 4 is 19.8 Å². The molecule has 0 aliphatic heterocycles. The Kier molecular flexibility index (Phi) is 59.8. The van der Waals surface area contributed by atoms with Gasteiger partial charge in [-0.1, -0.05) is 348 Å².